The zero-order valence-corrected chi connectivity index (χ0v) is 15.0. The molecule has 0 saturated carbocycles. The van der Waals surface area contributed by atoms with Crippen LogP contribution in [0.25, 0.3) is 0 Å². The van der Waals surface area contributed by atoms with Gasteiger partial charge in [0.05, 0.1) is 19.1 Å². The second-order valence-corrected chi connectivity index (χ2v) is 6.37. The number of esters is 1. The number of hydrogen-bond acceptors (Lipinski definition) is 5. The maximum atomic E-state index is 12.9. The van der Waals surface area contributed by atoms with Crippen LogP contribution in [0.2, 0.25) is 0 Å². The van der Waals surface area contributed by atoms with E-state index in [9.17, 15) is 14.4 Å². The molecule has 1 unspecified atom stereocenters. The highest BCUT2D eigenvalue weighted by Gasteiger charge is 2.39. The zero-order valence-electron chi connectivity index (χ0n) is 15.0. The molecule has 140 valence electrons. The van der Waals surface area contributed by atoms with Crippen molar-refractivity contribution >= 4 is 18.0 Å². The highest BCUT2D eigenvalue weighted by atomic mass is 16.6. The van der Waals surface area contributed by atoms with Crippen LogP contribution in [-0.2, 0) is 25.5 Å². The quantitative estimate of drug-likeness (QED) is 0.734. The Bertz CT molecular complexity index is 806. The lowest BCUT2D eigenvalue weighted by molar-refractivity contribution is -0.145. The van der Waals surface area contributed by atoms with Crippen LogP contribution < -0.4 is 0 Å². The van der Waals surface area contributed by atoms with Gasteiger partial charge in [-0.2, -0.15) is 0 Å². The van der Waals surface area contributed by atoms with Gasteiger partial charge in [-0.25, -0.2) is 9.69 Å². The first-order valence-corrected chi connectivity index (χ1v) is 8.75. The Morgan fingerprint density at radius 3 is 2.37 bits per heavy atom. The molecule has 6 heteroatoms. The van der Waals surface area contributed by atoms with E-state index in [-0.39, 0.29) is 19.1 Å². The van der Waals surface area contributed by atoms with Crippen LogP contribution >= 0.6 is 0 Å². The Labute approximate surface area is 157 Å². The van der Waals surface area contributed by atoms with Crippen molar-refractivity contribution in [2.75, 3.05) is 13.7 Å². The third kappa shape index (κ3) is 4.34. The Morgan fingerprint density at radius 2 is 1.74 bits per heavy atom. The second kappa shape index (κ2) is 8.49. The molecule has 1 heterocycles. The molecule has 0 N–H and O–H groups in total. The van der Waals surface area contributed by atoms with Gasteiger partial charge >= 0.3 is 12.1 Å². The van der Waals surface area contributed by atoms with Crippen LogP contribution in [0.3, 0.4) is 0 Å². The number of rotatable bonds is 6. The van der Waals surface area contributed by atoms with E-state index in [1.807, 2.05) is 36.4 Å². The molecule has 0 bridgehead atoms. The van der Waals surface area contributed by atoms with Crippen molar-refractivity contribution in [3.8, 4) is 0 Å². The third-order valence-electron chi connectivity index (χ3n) is 4.61. The number of methoxy groups -OCH3 is 1. The summed E-state index contributed by atoms with van der Waals surface area (Å²) in [5.41, 5.74) is 1.68. The van der Waals surface area contributed by atoms with Gasteiger partial charge in [-0.15, -0.1) is 0 Å². The first-order valence-electron chi connectivity index (χ1n) is 8.75. The number of ether oxygens (including phenoxy) is 2. The van der Waals surface area contributed by atoms with Crippen molar-refractivity contribution in [2.24, 2.45) is 0 Å². The number of carbonyl (C=O) groups excluding carboxylic acids is 3. The minimum Gasteiger partial charge on any atom is -0.469 e. The molecule has 27 heavy (non-hydrogen) atoms. The van der Waals surface area contributed by atoms with Crippen LogP contribution in [-0.4, -0.2) is 42.6 Å². The van der Waals surface area contributed by atoms with Gasteiger partial charge in [0.25, 0.3) is 0 Å². The van der Waals surface area contributed by atoms with E-state index in [1.54, 1.807) is 24.3 Å². The smallest absolute Gasteiger partial charge is 0.416 e. The molecule has 3 rings (SSSR count). The van der Waals surface area contributed by atoms with Crippen LogP contribution in [0.15, 0.2) is 60.7 Å². The van der Waals surface area contributed by atoms with Gasteiger partial charge in [-0.1, -0.05) is 60.7 Å². The number of carbonyl (C=O) groups is 3. The summed E-state index contributed by atoms with van der Waals surface area (Å²) in [5, 5.41) is 0. The Kier molecular flexibility index (Phi) is 5.86. The molecule has 0 aromatic heterocycles. The molecule has 6 nitrogen and oxygen atoms in total. The molecular formula is C21H21NO5. The second-order valence-electron chi connectivity index (χ2n) is 6.37. The van der Waals surface area contributed by atoms with Crippen LogP contribution in [0.5, 0.6) is 0 Å². The van der Waals surface area contributed by atoms with Crippen LogP contribution in [0.1, 0.15) is 23.5 Å². The molecule has 1 aliphatic rings. The number of amides is 2. The van der Waals surface area contributed by atoms with E-state index < -0.39 is 23.9 Å². The Hall–Kier alpha value is -3.15. The van der Waals surface area contributed by atoms with Gasteiger partial charge in [-0.3, -0.25) is 9.59 Å². The lowest BCUT2D eigenvalue weighted by Gasteiger charge is -2.22. The lowest BCUT2D eigenvalue weighted by atomic mass is 9.94. The van der Waals surface area contributed by atoms with Gasteiger partial charge in [0, 0.05) is 6.42 Å². The monoisotopic (exact) mass is 367 g/mol. The summed E-state index contributed by atoms with van der Waals surface area (Å²) in [6.45, 7) is 0.147. The summed E-state index contributed by atoms with van der Waals surface area (Å²) in [7, 11) is 1.28. The minimum absolute atomic E-state index is 0.147. The first-order chi connectivity index (χ1) is 13.1. The summed E-state index contributed by atoms with van der Waals surface area (Å²) in [6.07, 6.45) is -0.318. The van der Waals surface area contributed by atoms with Crippen molar-refractivity contribution in [3.05, 3.63) is 71.8 Å². The van der Waals surface area contributed by atoms with Gasteiger partial charge in [-0.05, 0) is 17.5 Å². The maximum Gasteiger partial charge on any atom is 0.416 e. The van der Waals surface area contributed by atoms with Crippen LogP contribution in [0.4, 0.5) is 4.79 Å². The molecule has 0 spiro atoms. The van der Waals surface area contributed by atoms with E-state index >= 15 is 0 Å². The normalized spacial score (nSPS) is 17.3. The van der Waals surface area contributed by atoms with Gasteiger partial charge in [0.2, 0.25) is 5.91 Å². The largest absolute Gasteiger partial charge is 0.469 e. The predicted molar refractivity (Wildman–Crippen MR) is 97.9 cm³/mol. The Morgan fingerprint density at radius 1 is 1.11 bits per heavy atom. The van der Waals surface area contributed by atoms with Crippen LogP contribution in [0, 0.1) is 0 Å². The van der Waals surface area contributed by atoms with E-state index in [1.165, 1.54) is 7.11 Å². The van der Waals surface area contributed by atoms with Crippen molar-refractivity contribution in [1.82, 2.24) is 4.90 Å². The molecule has 0 radical (unpaired) electrons. The molecule has 1 fully saturated rings. The fourth-order valence-corrected chi connectivity index (χ4v) is 3.24. The van der Waals surface area contributed by atoms with Gasteiger partial charge < -0.3 is 9.47 Å². The molecule has 2 atom stereocenters. The number of nitrogens with zero attached hydrogens (tertiary/aromatic N) is 1. The van der Waals surface area contributed by atoms with Crippen molar-refractivity contribution in [2.45, 2.75) is 24.8 Å². The lowest BCUT2D eigenvalue weighted by Crippen LogP contribution is -2.41. The summed E-state index contributed by atoms with van der Waals surface area (Å²) in [4.78, 5) is 38.4. The Balaban J connectivity index is 1.77. The topological polar surface area (TPSA) is 72.9 Å². The fraction of sp³-hybridized carbons (Fsp3) is 0.286. The van der Waals surface area contributed by atoms with E-state index in [4.69, 9.17) is 9.47 Å². The number of imide groups is 1. The summed E-state index contributed by atoms with van der Waals surface area (Å²) in [6, 6.07) is 18.1. The predicted octanol–water partition coefficient (Wildman–Crippen LogP) is 2.92. The average molecular weight is 367 g/mol. The molecule has 1 saturated heterocycles. The molecule has 2 amide bonds. The molecule has 1 aliphatic heterocycles. The summed E-state index contributed by atoms with van der Waals surface area (Å²) in [5.74, 6) is -1.73. The highest BCUT2D eigenvalue weighted by molar-refractivity contribution is 5.96. The maximum absolute atomic E-state index is 12.9. The molecule has 2 aromatic carbocycles. The third-order valence-corrected chi connectivity index (χ3v) is 4.61. The zero-order chi connectivity index (χ0) is 19.2. The van der Waals surface area contributed by atoms with Crippen molar-refractivity contribution in [1.29, 1.82) is 0 Å². The van der Waals surface area contributed by atoms with E-state index in [0.717, 1.165) is 10.5 Å². The summed E-state index contributed by atoms with van der Waals surface area (Å²) < 4.78 is 9.95. The summed E-state index contributed by atoms with van der Waals surface area (Å²) >= 11 is 0. The fourth-order valence-electron chi connectivity index (χ4n) is 3.24. The SMILES string of the molecule is COC(=O)C(CC(=O)N1C(=O)OC[C@@H]1Cc1ccccc1)c1ccccc1. The average Bonchev–Trinajstić information content (AvgIpc) is 3.07. The number of benzene rings is 2. The number of cyclic esters (lactones) is 1. The highest BCUT2D eigenvalue weighted by Crippen LogP contribution is 2.25. The van der Waals surface area contributed by atoms with E-state index in [2.05, 4.69) is 0 Å². The first kappa shape index (κ1) is 18.6. The van der Waals surface area contributed by atoms with Gasteiger partial charge in [0.1, 0.15) is 6.61 Å². The molecular weight excluding hydrogens is 346 g/mol. The molecule has 0 aliphatic carbocycles. The standard InChI is InChI=1S/C21H21NO5/c1-26-20(24)18(16-10-6-3-7-11-16)13-19(23)22-17(14-27-21(22)25)12-15-8-4-2-5-9-15/h2-11,17-18H,12-14H2,1H3/t17-,18?/m0/s1. The number of hydrogen-bond donors (Lipinski definition) is 0. The minimum atomic E-state index is -0.769. The van der Waals surface area contributed by atoms with E-state index in [0.29, 0.717) is 12.0 Å². The van der Waals surface area contributed by atoms with Crippen molar-refractivity contribution in [3.63, 3.8) is 0 Å². The molecule has 2 aromatic rings. The van der Waals surface area contributed by atoms with Gasteiger partial charge in [0.15, 0.2) is 0 Å². The van der Waals surface area contributed by atoms with Crippen molar-refractivity contribution < 1.29 is 23.9 Å².